The smallest absolute Gasteiger partial charge is 0.0681 e. The molecule has 2 atom stereocenters. The largest absolute Gasteiger partial charge is 0.312 e. The zero-order chi connectivity index (χ0) is 12.1. The van der Waals surface area contributed by atoms with Crippen LogP contribution in [-0.4, -0.2) is 7.05 Å². The number of nitrogens with one attached hydrogen (secondary N) is 1. The van der Waals surface area contributed by atoms with Gasteiger partial charge >= 0.3 is 0 Å². The maximum Gasteiger partial charge on any atom is 0.0681 e. The van der Waals surface area contributed by atoms with Crippen LogP contribution in [0.5, 0.6) is 0 Å². The van der Waals surface area contributed by atoms with Gasteiger partial charge in [0.2, 0.25) is 0 Å². The highest BCUT2D eigenvalue weighted by Crippen LogP contribution is 2.28. The molecular formula is C13H17BrN2. The molecular weight excluding hydrogens is 264 g/mol. The van der Waals surface area contributed by atoms with Gasteiger partial charge in [-0.3, -0.25) is 0 Å². The zero-order valence-electron chi connectivity index (χ0n) is 9.87. The highest BCUT2D eigenvalue weighted by Gasteiger charge is 2.24. The molecule has 0 spiro atoms. The SMILES string of the molecule is CNC(c1cccc(Br)c1)C(C#N)C(C)C. The van der Waals surface area contributed by atoms with Crippen LogP contribution in [0.3, 0.4) is 0 Å². The van der Waals surface area contributed by atoms with Crippen molar-refractivity contribution in [1.29, 1.82) is 5.26 Å². The van der Waals surface area contributed by atoms with Crippen LogP contribution in [0.4, 0.5) is 0 Å². The summed E-state index contributed by atoms with van der Waals surface area (Å²) < 4.78 is 1.05. The van der Waals surface area contributed by atoms with E-state index in [1.165, 1.54) is 0 Å². The van der Waals surface area contributed by atoms with Gasteiger partial charge in [-0.05, 0) is 30.7 Å². The molecule has 0 bridgehead atoms. The van der Waals surface area contributed by atoms with E-state index in [-0.39, 0.29) is 12.0 Å². The van der Waals surface area contributed by atoms with Crippen LogP contribution >= 0.6 is 15.9 Å². The first-order valence-corrected chi connectivity index (χ1v) is 6.21. The fourth-order valence-electron chi connectivity index (χ4n) is 1.86. The maximum atomic E-state index is 9.23. The van der Waals surface area contributed by atoms with E-state index in [0.29, 0.717) is 5.92 Å². The first kappa shape index (κ1) is 13.2. The van der Waals surface area contributed by atoms with Gasteiger partial charge < -0.3 is 5.32 Å². The summed E-state index contributed by atoms with van der Waals surface area (Å²) in [7, 11) is 1.90. The number of rotatable bonds is 4. The molecule has 1 aromatic rings. The molecule has 0 saturated heterocycles. The summed E-state index contributed by atoms with van der Waals surface area (Å²) in [6, 6.07) is 10.6. The van der Waals surface area contributed by atoms with Crippen molar-refractivity contribution in [2.45, 2.75) is 19.9 Å². The first-order chi connectivity index (χ1) is 7.60. The summed E-state index contributed by atoms with van der Waals surface area (Å²) in [4.78, 5) is 0. The third-order valence-electron chi connectivity index (χ3n) is 2.75. The zero-order valence-corrected chi connectivity index (χ0v) is 11.5. The third kappa shape index (κ3) is 3.07. The van der Waals surface area contributed by atoms with E-state index in [1.54, 1.807) is 0 Å². The molecule has 0 aromatic heterocycles. The van der Waals surface area contributed by atoms with Crippen LogP contribution in [0.1, 0.15) is 25.5 Å². The molecule has 1 rings (SSSR count). The molecule has 2 nitrogen and oxygen atoms in total. The molecule has 0 radical (unpaired) electrons. The molecule has 0 amide bonds. The highest BCUT2D eigenvalue weighted by atomic mass is 79.9. The van der Waals surface area contributed by atoms with Crippen molar-refractivity contribution in [3.8, 4) is 6.07 Å². The Hall–Kier alpha value is -0.850. The van der Waals surface area contributed by atoms with E-state index >= 15 is 0 Å². The summed E-state index contributed by atoms with van der Waals surface area (Å²) in [5, 5.41) is 12.5. The van der Waals surface area contributed by atoms with E-state index in [0.717, 1.165) is 10.0 Å². The minimum absolute atomic E-state index is 0.0145. The Labute approximate surface area is 106 Å². The van der Waals surface area contributed by atoms with Crippen molar-refractivity contribution in [2.75, 3.05) is 7.05 Å². The molecule has 16 heavy (non-hydrogen) atoms. The van der Waals surface area contributed by atoms with Gasteiger partial charge in [0.25, 0.3) is 0 Å². The van der Waals surface area contributed by atoms with Crippen LogP contribution in [0.25, 0.3) is 0 Å². The van der Waals surface area contributed by atoms with Gasteiger partial charge in [-0.2, -0.15) is 5.26 Å². The van der Waals surface area contributed by atoms with E-state index in [2.05, 4.69) is 53.3 Å². The Balaban J connectivity index is 3.02. The van der Waals surface area contributed by atoms with Crippen LogP contribution in [0, 0.1) is 23.2 Å². The standard InChI is InChI=1S/C13H17BrN2/c1-9(2)12(8-15)13(16-3)10-5-4-6-11(14)7-10/h4-7,9,12-13,16H,1-3H3. The predicted octanol–water partition coefficient (Wildman–Crippen LogP) is 3.51. The van der Waals surface area contributed by atoms with Gasteiger partial charge in [0.15, 0.2) is 0 Å². The van der Waals surface area contributed by atoms with Crippen molar-refractivity contribution in [3.63, 3.8) is 0 Å². The van der Waals surface area contributed by atoms with E-state index < -0.39 is 0 Å². The summed E-state index contributed by atoms with van der Waals surface area (Å²) in [5.41, 5.74) is 1.15. The fourth-order valence-corrected chi connectivity index (χ4v) is 2.28. The lowest BCUT2D eigenvalue weighted by molar-refractivity contribution is 0.363. The quantitative estimate of drug-likeness (QED) is 0.916. The number of hydrogen-bond donors (Lipinski definition) is 1. The lowest BCUT2D eigenvalue weighted by Crippen LogP contribution is -2.27. The molecule has 2 unspecified atom stereocenters. The normalized spacial score (nSPS) is 14.5. The molecule has 3 heteroatoms. The number of nitriles is 1. The second kappa shape index (κ2) is 6.03. The predicted molar refractivity (Wildman–Crippen MR) is 69.9 cm³/mol. The van der Waals surface area contributed by atoms with Gasteiger partial charge in [-0.25, -0.2) is 0 Å². The number of nitrogens with zero attached hydrogens (tertiary/aromatic N) is 1. The first-order valence-electron chi connectivity index (χ1n) is 5.42. The topological polar surface area (TPSA) is 35.8 Å². The Kier molecular flexibility index (Phi) is 4.98. The Morgan fingerprint density at radius 2 is 2.06 bits per heavy atom. The summed E-state index contributed by atoms with van der Waals surface area (Å²) in [5.74, 6) is 0.320. The molecule has 1 aromatic carbocycles. The molecule has 1 N–H and O–H groups in total. The monoisotopic (exact) mass is 280 g/mol. The van der Waals surface area contributed by atoms with Gasteiger partial charge in [0, 0.05) is 10.5 Å². The average molecular weight is 281 g/mol. The van der Waals surface area contributed by atoms with Crippen molar-refractivity contribution in [3.05, 3.63) is 34.3 Å². The maximum absolute atomic E-state index is 9.23. The minimum atomic E-state index is -0.0145. The van der Waals surface area contributed by atoms with E-state index in [4.69, 9.17) is 0 Å². The average Bonchev–Trinajstić information content (AvgIpc) is 2.25. The lowest BCUT2D eigenvalue weighted by Gasteiger charge is -2.24. The minimum Gasteiger partial charge on any atom is -0.312 e. The van der Waals surface area contributed by atoms with Crippen LogP contribution < -0.4 is 5.32 Å². The highest BCUT2D eigenvalue weighted by molar-refractivity contribution is 9.10. The van der Waals surface area contributed by atoms with Gasteiger partial charge in [-0.1, -0.05) is 41.9 Å². The summed E-state index contributed by atoms with van der Waals surface area (Å²) in [6.07, 6.45) is 0. The van der Waals surface area contributed by atoms with Crippen LogP contribution in [-0.2, 0) is 0 Å². The Morgan fingerprint density at radius 3 is 2.50 bits per heavy atom. The van der Waals surface area contributed by atoms with E-state index in [1.807, 2.05) is 19.2 Å². The van der Waals surface area contributed by atoms with Crippen molar-refractivity contribution in [2.24, 2.45) is 11.8 Å². The molecule has 0 aliphatic rings. The third-order valence-corrected chi connectivity index (χ3v) is 3.24. The second-order valence-electron chi connectivity index (χ2n) is 4.22. The van der Waals surface area contributed by atoms with Gasteiger partial charge in [0.1, 0.15) is 0 Å². The molecule has 0 fully saturated rings. The molecule has 0 heterocycles. The van der Waals surface area contributed by atoms with Crippen molar-refractivity contribution >= 4 is 15.9 Å². The molecule has 0 aliphatic heterocycles. The second-order valence-corrected chi connectivity index (χ2v) is 5.14. The summed E-state index contributed by atoms with van der Waals surface area (Å²) >= 11 is 3.46. The molecule has 0 saturated carbocycles. The van der Waals surface area contributed by atoms with E-state index in [9.17, 15) is 5.26 Å². The molecule has 86 valence electrons. The van der Waals surface area contributed by atoms with Crippen LogP contribution in [0.15, 0.2) is 28.7 Å². The summed E-state index contributed by atoms with van der Waals surface area (Å²) in [6.45, 7) is 4.16. The van der Waals surface area contributed by atoms with Gasteiger partial charge in [-0.15, -0.1) is 0 Å². The lowest BCUT2D eigenvalue weighted by atomic mass is 9.86. The Bertz CT molecular complexity index is 382. The number of benzene rings is 1. The van der Waals surface area contributed by atoms with Crippen molar-refractivity contribution in [1.82, 2.24) is 5.32 Å². The number of hydrogen-bond acceptors (Lipinski definition) is 2. The molecule has 0 aliphatic carbocycles. The van der Waals surface area contributed by atoms with Crippen molar-refractivity contribution < 1.29 is 0 Å². The van der Waals surface area contributed by atoms with Gasteiger partial charge in [0.05, 0.1) is 12.0 Å². The van der Waals surface area contributed by atoms with Crippen LogP contribution in [0.2, 0.25) is 0 Å². The Morgan fingerprint density at radius 1 is 1.38 bits per heavy atom. The fraction of sp³-hybridized carbons (Fsp3) is 0.462. The number of halogens is 1.